The van der Waals surface area contributed by atoms with Crippen LogP contribution in [0.2, 0.25) is 5.02 Å². The molecule has 2 aromatic heterocycles. The minimum Gasteiger partial charge on any atom is -0.487 e. The van der Waals surface area contributed by atoms with E-state index >= 15 is 0 Å². The van der Waals surface area contributed by atoms with E-state index in [0.29, 0.717) is 33.9 Å². The van der Waals surface area contributed by atoms with Crippen LogP contribution in [0, 0.1) is 12.7 Å². The van der Waals surface area contributed by atoms with Gasteiger partial charge in [0.15, 0.2) is 0 Å². The first kappa shape index (κ1) is 20.8. The summed E-state index contributed by atoms with van der Waals surface area (Å²) in [6.07, 6.45) is 1.66. The van der Waals surface area contributed by atoms with E-state index in [2.05, 4.69) is 15.3 Å². The molecule has 0 aliphatic heterocycles. The lowest BCUT2D eigenvalue weighted by atomic mass is 10.2. The second-order valence-electron chi connectivity index (χ2n) is 7.36. The molecule has 164 valence electrons. The van der Waals surface area contributed by atoms with Crippen LogP contribution in [0.3, 0.4) is 0 Å². The Hall–Kier alpha value is -4.04. The Morgan fingerprint density at radius 3 is 2.64 bits per heavy atom. The number of ether oxygens (including phenoxy) is 1. The molecule has 3 aromatic carbocycles. The van der Waals surface area contributed by atoms with Gasteiger partial charge in [-0.15, -0.1) is 5.10 Å². The molecule has 0 spiro atoms. The van der Waals surface area contributed by atoms with E-state index in [1.54, 1.807) is 42.0 Å². The van der Waals surface area contributed by atoms with Crippen LogP contribution in [0.15, 0.2) is 77.7 Å². The molecular weight excluding hydrogens is 445 g/mol. The van der Waals surface area contributed by atoms with E-state index in [4.69, 9.17) is 16.3 Å². The Morgan fingerprint density at radius 1 is 1.03 bits per heavy atom. The standard InChI is InChI=1S/C24H17ClFN5O2/c1-15-27-23-10-8-19(12-20(23)24(32)31(15)17-5-3-2-4-6-17)33-14-16-13-30(29-28-16)18-7-9-22(26)21(25)11-18/h2-13H,14H2,1H3. The van der Waals surface area contributed by atoms with Gasteiger partial charge in [-0.1, -0.05) is 35.0 Å². The lowest BCUT2D eigenvalue weighted by Crippen LogP contribution is -2.22. The van der Waals surface area contributed by atoms with Gasteiger partial charge in [0, 0.05) is 0 Å². The number of aromatic nitrogens is 5. The molecule has 0 atom stereocenters. The molecule has 0 saturated carbocycles. The van der Waals surface area contributed by atoms with Crippen molar-refractivity contribution >= 4 is 22.5 Å². The summed E-state index contributed by atoms with van der Waals surface area (Å²) in [5.41, 5.74) is 2.30. The van der Waals surface area contributed by atoms with Crippen LogP contribution in [0.25, 0.3) is 22.3 Å². The molecule has 0 radical (unpaired) electrons. The molecule has 7 nitrogen and oxygen atoms in total. The molecule has 0 aliphatic carbocycles. The minimum atomic E-state index is -0.503. The molecule has 0 aliphatic rings. The van der Waals surface area contributed by atoms with Gasteiger partial charge in [0.05, 0.1) is 33.5 Å². The topological polar surface area (TPSA) is 74.8 Å². The maximum absolute atomic E-state index is 13.4. The van der Waals surface area contributed by atoms with Crippen LogP contribution in [0.5, 0.6) is 5.75 Å². The van der Waals surface area contributed by atoms with E-state index < -0.39 is 5.82 Å². The van der Waals surface area contributed by atoms with Crippen LogP contribution < -0.4 is 10.3 Å². The van der Waals surface area contributed by atoms with Gasteiger partial charge in [-0.2, -0.15) is 0 Å². The maximum Gasteiger partial charge on any atom is 0.266 e. The summed E-state index contributed by atoms with van der Waals surface area (Å²) >= 11 is 5.84. The average Bonchev–Trinajstić information content (AvgIpc) is 3.29. The van der Waals surface area contributed by atoms with Crippen molar-refractivity contribution < 1.29 is 9.13 Å². The molecule has 2 heterocycles. The first-order chi connectivity index (χ1) is 16.0. The van der Waals surface area contributed by atoms with Crippen LogP contribution >= 0.6 is 11.6 Å². The molecule has 33 heavy (non-hydrogen) atoms. The number of nitrogens with zero attached hydrogens (tertiary/aromatic N) is 5. The monoisotopic (exact) mass is 461 g/mol. The SMILES string of the molecule is Cc1nc2ccc(OCc3cn(-c4ccc(F)c(Cl)c4)nn3)cc2c(=O)n1-c1ccccc1. The van der Waals surface area contributed by atoms with Gasteiger partial charge in [0.1, 0.15) is 29.7 Å². The predicted octanol–water partition coefficient (Wildman–Crippen LogP) is 4.65. The van der Waals surface area contributed by atoms with Gasteiger partial charge in [-0.05, 0) is 55.5 Å². The fourth-order valence-corrected chi connectivity index (χ4v) is 3.70. The van der Waals surface area contributed by atoms with Crippen molar-refractivity contribution in [2.24, 2.45) is 0 Å². The lowest BCUT2D eigenvalue weighted by molar-refractivity contribution is 0.301. The second kappa shape index (κ2) is 8.48. The molecule has 0 saturated heterocycles. The Morgan fingerprint density at radius 2 is 1.85 bits per heavy atom. The van der Waals surface area contributed by atoms with Crippen molar-refractivity contribution in [2.75, 3.05) is 0 Å². The number of benzene rings is 3. The quantitative estimate of drug-likeness (QED) is 0.381. The zero-order valence-corrected chi connectivity index (χ0v) is 18.2. The Kier molecular flexibility index (Phi) is 5.35. The van der Waals surface area contributed by atoms with Crippen molar-refractivity contribution in [3.05, 3.63) is 106 Å². The third-order valence-corrected chi connectivity index (χ3v) is 5.41. The van der Waals surface area contributed by atoms with Crippen molar-refractivity contribution in [2.45, 2.75) is 13.5 Å². The normalized spacial score (nSPS) is 11.1. The first-order valence-electron chi connectivity index (χ1n) is 10.1. The van der Waals surface area contributed by atoms with Gasteiger partial charge >= 0.3 is 0 Å². The van der Waals surface area contributed by atoms with Gasteiger partial charge < -0.3 is 4.74 Å². The fraction of sp³-hybridized carbons (Fsp3) is 0.0833. The lowest BCUT2D eigenvalue weighted by Gasteiger charge is -2.11. The summed E-state index contributed by atoms with van der Waals surface area (Å²) in [5.74, 6) is 0.602. The summed E-state index contributed by atoms with van der Waals surface area (Å²) < 4.78 is 22.3. The highest BCUT2D eigenvalue weighted by Gasteiger charge is 2.12. The number of rotatable bonds is 5. The summed E-state index contributed by atoms with van der Waals surface area (Å²) in [6.45, 7) is 1.93. The summed E-state index contributed by atoms with van der Waals surface area (Å²) in [6, 6.07) is 18.8. The zero-order chi connectivity index (χ0) is 22.9. The third-order valence-electron chi connectivity index (χ3n) is 5.12. The highest BCUT2D eigenvalue weighted by atomic mass is 35.5. The van der Waals surface area contributed by atoms with Crippen molar-refractivity contribution in [3.8, 4) is 17.1 Å². The number of hydrogen-bond donors (Lipinski definition) is 0. The van der Waals surface area contributed by atoms with Gasteiger partial charge in [-0.25, -0.2) is 14.1 Å². The Labute approximate surface area is 192 Å². The van der Waals surface area contributed by atoms with Gasteiger partial charge in [-0.3, -0.25) is 9.36 Å². The van der Waals surface area contributed by atoms with Gasteiger partial charge in [0.2, 0.25) is 0 Å². The van der Waals surface area contributed by atoms with Crippen molar-refractivity contribution in [3.63, 3.8) is 0 Å². The Bertz CT molecular complexity index is 1530. The van der Waals surface area contributed by atoms with Crippen LogP contribution in [-0.4, -0.2) is 24.5 Å². The van der Waals surface area contributed by atoms with E-state index in [1.165, 1.54) is 16.8 Å². The smallest absolute Gasteiger partial charge is 0.266 e. The minimum absolute atomic E-state index is 0.00182. The molecule has 9 heteroatoms. The molecule has 5 rings (SSSR count). The number of fused-ring (bicyclic) bond motifs is 1. The highest BCUT2D eigenvalue weighted by molar-refractivity contribution is 6.30. The molecule has 0 fully saturated rings. The summed E-state index contributed by atoms with van der Waals surface area (Å²) in [5, 5.41) is 8.56. The second-order valence-corrected chi connectivity index (χ2v) is 7.76. The molecule has 0 N–H and O–H groups in total. The molecule has 0 amide bonds. The number of aryl methyl sites for hydroxylation is 1. The van der Waals surface area contributed by atoms with E-state index in [9.17, 15) is 9.18 Å². The van der Waals surface area contributed by atoms with Crippen LogP contribution in [0.1, 0.15) is 11.5 Å². The highest BCUT2D eigenvalue weighted by Crippen LogP contribution is 2.21. The van der Waals surface area contributed by atoms with E-state index in [0.717, 1.165) is 5.69 Å². The van der Waals surface area contributed by atoms with E-state index in [1.807, 2.05) is 30.3 Å². The van der Waals surface area contributed by atoms with Gasteiger partial charge in [0.25, 0.3) is 5.56 Å². The van der Waals surface area contributed by atoms with Crippen LogP contribution in [0.4, 0.5) is 4.39 Å². The van der Waals surface area contributed by atoms with Crippen LogP contribution in [-0.2, 0) is 6.61 Å². The average molecular weight is 462 g/mol. The molecular formula is C24H17ClFN5O2. The van der Waals surface area contributed by atoms with Crippen molar-refractivity contribution in [1.82, 2.24) is 24.5 Å². The number of hydrogen-bond acceptors (Lipinski definition) is 5. The molecule has 0 bridgehead atoms. The van der Waals surface area contributed by atoms with E-state index in [-0.39, 0.29) is 17.2 Å². The predicted molar refractivity (Wildman–Crippen MR) is 123 cm³/mol. The number of halogens is 2. The summed E-state index contributed by atoms with van der Waals surface area (Å²) in [4.78, 5) is 17.8. The zero-order valence-electron chi connectivity index (χ0n) is 17.4. The maximum atomic E-state index is 13.4. The summed E-state index contributed by atoms with van der Waals surface area (Å²) in [7, 11) is 0. The third kappa shape index (κ3) is 4.08. The molecule has 5 aromatic rings. The fourth-order valence-electron chi connectivity index (χ4n) is 3.52. The molecule has 0 unspecified atom stereocenters. The Balaban J connectivity index is 1.40. The number of para-hydroxylation sites is 1. The first-order valence-corrected chi connectivity index (χ1v) is 10.5. The largest absolute Gasteiger partial charge is 0.487 e. The van der Waals surface area contributed by atoms with Crippen molar-refractivity contribution in [1.29, 1.82) is 0 Å².